The van der Waals surface area contributed by atoms with E-state index in [-0.39, 0.29) is 11.9 Å². The Morgan fingerprint density at radius 3 is 2.92 bits per heavy atom. The van der Waals surface area contributed by atoms with Crippen molar-refractivity contribution in [2.75, 3.05) is 11.5 Å². The van der Waals surface area contributed by atoms with Crippen LogP contribution in [0.5, 0.6) is 0 Å². The highest BCUT2D eigenvalue weighted by atomic mass is 32.2. The maximum Gasteiger partial charge on any atom is 0.313 e. The van der Waals surface area contributed by atoms with E-state index in [4.69, 9.17) is 9.84 Å². The van der Waals surface area contributed by atoms with Gasteiger partial charge in [-0.15, -0.1) is 11.8 Å². The van der Waals surface area contributed by atoms with Gasteiger partial charge in [0.15, 0.2) is 0 Å². The summed E-state index contributed by atoms with van der Waals surface area (Å²) in [6.07, 6.45) is 2.83. The minimum atomic E-state index is -0.744. The molecule has 70 valence electrons. The third kappa shape index (κ3) is 3.45. The topological polar surface area (TPSA) is 46.5 Å². The SMILES string of the molecule is CC1CCC(CSCC(=O)O)O1. The highest BCUT2D eigenvalue weighted by Gasteiger charge is 2.21. The summed E-state index contributed by atoms with van der Waals surface area (Å²) in [5, 5.41) is 8.38. The van der Waals surface area contributed by atoms with Gasteiger partial charge in [-0.2, -0.15) is 0 Å². The lowest BCUT2D eigenvalue weighted by Gasteiger charge is -2.08. The molecule has 1 heterocycles. The molecule has 0 aromatic carbocycles. The largest absolute Gasteiger partial charge is 0.481 e. The average molecular weight is 190 g/mol. The molecule has 0 spiro atoms. The minimum absolute atomic E-state index is 0.189. The van der Waals surface area contributed by atoms with Crippen molar-refractivity contribution in [3.63, 3.8) is 0 Å². The number of hydrogen-bond acceptors (Lipinski definition) is 3. The Balaban J connectivity index is 2.04. The number of carboxylic acid groups (broad SMARTS) is 1. The summed E-state index contributed by atoms with van der Waals surface area (Å²) in [6, 6.07) is 0. The van der Waals surface area contributed by atoms with Gasteiger partial charge in [0.2, 0.25) is 0 Å². The van der Waals surface area contributed by atoms with Crippen molar-refractivity contribution >= 4 is 17.7 Å². The summed E-state index contributed by atoms with van der Waals surface area (Å²) < 4.78 is 5.53. The van der Waals surface area contributed by atoms with Crippen LogP contribution in [-0.2, 0) is 9.53 Å². The van der Waals surface area contributed by atoms with Crippen LogP contribution >= 0.6 is 11.8 Å². The first-order valence-electron chi connectivity index (χ1n) is 4.13. The van der Waals surface area contributed by atoms with Gasteiger partial charge in [-0.05, 0) is 19.8 Å². The molecule has 1 N–H and O–H groups in total. The van der Waals surface area contributed by atoms with Crippen LogP contribution in [0, 0.1) is 0 Å². The van der Waals surface area contributed by atoms with Crippen molar-refractivity contribution in [2.45, 2.75) is 32.0 Å². The second-order valence-corrected chi connectivity index (χ2v) is 4.09. The molecular weight excluding hydrogens is 176 g/mol. The molecule has 0 aromatic heterocycles. The number of hydrogen-bond donors (Lipinski definition) is 1. The Morgan fingerprint density at radius 2 is 2.42 bits per heavy atom. The number of thioether (sulfide) groups is 1. The highest BCUT2D eigenvalue weighted by molar-refractivity contribution is 7.99. The van der Waals surface area contributed by atoms with E-state index < -0.39 is 5.97 Å². The highest BCUT2D eigenvalue weighted by Crippen LogP contribution is 2.21. The standard InChI is InChI=1S/C8H14O3S/c1-6-2-3-7(11-6)4-12-5-8(9)10/h6-7H,2-5H2,1H3,(H,9,10). The van der Waals surface area contributed by atoms with Crippen LogP contribution in [0.1, 0.15) is 19.8 Å². The van der Waals surface area contributed by atoms with E-state index in [9.17, 15) is 4.79 Å². The monoisotopic (exact) mass is 190 g/mol. The molecular formula is C8H14O3S. The van der Waals surface area contributed by atoms with Crippen LogP contribution in [0.3, 0.4) is 0 Å². The van der Waals surface area contributed by atoms with Gasteiger partial charge in [0.1, 0.15) is 0 Å². The molecule has 1 rings (SSSR count). The van der Waals surface area contributed by atoms with Crippen LogP contribution in [0.4, 0.5) is 0 Å². The minimum Gasteiger partial charge on any atom is -0.481 e. The summed E-state index contributed by atoms with van der Waals surface area (Å²) >= 11 is 1.44. The van der Waals surface area contributed by atoms with E-state index in [1.807, 2.05) is 0 Å². The van der Waals surface area contributed by atoms with E-state index in [2.05, 4.69) is 6.92 Å². The first kappa shape index (κ1) is 9.86. The molecule has 1 aliphatic heterocycles. The van der Waals surface area contributed by atoms with E-state index in [1.165, 1.54) is 11.8 Å². The lowest BCUT2D eigenvalue weighted by molar-refractivity contribution is -0.133. The lowest BCUT2D eigenvalue weighted by Crippen LogP contribution is -2.12. The molecule has 12 heavy (non-hydrogen) atoms. The quantitative estimate of drug-likeness (QED) is 0.727. The Kier molecular flexibility index (Phi) is 3.88. The van der Waals surface area contributed by atoms with E-state index in [0.717, 1.165) is 18.6 Å². The lowest BCUT2D eigenvalue weighted by atomic mass is 10.2. The fraction of sp³-hybridized carbons (Fsp3) is 0.875. The Labute approximate surface area is 76.5 Å². The zero-order chi connectivity index (χ0) is 8.97. The summed E-state index contributed by atoms with van der Waals surface area (Å²) in [7, 11) is 0. The van der Waals surface area contributed by atoms with Crippen molar-refractivity contribution in [3.05, 3.63) is 0 Å². The van der Waals surface area contributed by atoms with Gasteiger partial charge in [0.05, 0.1) is 18.0 Å². The number of rotatable bonds is 4. The smallest absolute Gasteiger partial charge is 0.313 e. The van der Waals surface area contributed by atoms with E-state index >= 15 is 0 Å². The molecule has 0 amide bonds. The van der Waals surface area contributed by atoms with Gasteiger partial charge in [0, 0.05) is 5.75 Å². The van der Waals surface area contributed by atoms with Crippen molar-refractivity contribution in [1.29, 1.82) is 0 Å². The molecule has 4 heteroatoms. The summed E-state index contributed by atoms with van der Waals surface area (Å²) in [5.74, 6) is 0.260. The van der Waals surface area contributed by atoms with Gasteiger partial charge in [0.25, 0.3) is 0 Å². The molecule has 0 aromatic rings. The Morgan fingerprint density at radius 1 is 1.67 bits per heavy atom. The molecule has 0 bridgehead atoms. The first-order valence-corrected chi connectivity index (χ1v) is 5.29. The third-order valence-corrected chi connectivity index (χ3v) is 2.91. The third-order valence-electron chi connectivity index (χ3n) is 1.85. The molecule has 2 unspecified atom stereocenters. The van der Waals surface area contributed by atoms with Crippen LogP contribution in [0.2, 0.25) is 0 Å². The zero-order valence-electron chi connectivity index (χ0n) is 7.16. The first-order chi connectivity index (χ1) is 5.68. The summed E-state index contributed by atoms with van der Waals surface area (Å²) in [6.45, 7) is 2.06. The molecule has 1 saturated heterocycles. The fourth-order valence-electron chi connectivity index (χ4n) is 1.29. The average Bonchev–Trinajstić information content (AvgIpc) is 2.35. The van der Waals surface area contributed by atoms with Crippen LogP contribution < -0.4 is 0 Å². The van der Waals surface area contributed by atoms with Crippen molar-refractivity contribution in [2.24, 2.45) is 0 Å². The Bertz CT molecular complexity index is 160. The number of carboxylic acids is 1. The fourth-order valence-corrected chi connectivity index (χ4v) is 2.09. The van der Waals surface area contributed by atoms with Gasteiger partial charge in [-0.3, -0.25) is 4.79 Å². The predicted molar refractivity (Wildman–Crippen MR) is 48.5 cm³/mol. The predicted octanol–water partition coefficient (Wildman–Crippen LogP) is 1.37. The van der Waals surface area contributed by atoms with Crippen LogP contribution in [-0.4, -0.2) is 34.8 Å². The second kappa shape index (κ2) is 4.72. The van der Waals surface area contributed by atoms with Crippen molar-refractivity contribution in [1.82, 2.24) is 0 Å². The maximum atomic E-state index is 10.2. The van der Waals surface area contributed by atoms with Gasteiger partial charge in [-0.1, -0.05) is 0 Å². The van der Waals surface area contributed by atoms with E-state index in [1.54, 1.807) is 0 Å². The summed E-state index contributed by atoms with van der Waals surface area (Å²) in [5.41, 5.74) is 0. The molecule has 0 aliphatic carbocycles. The van der Waals surface area contributed by atoms with Gasteiger partial charge < -0.3 is 9.84 Å². The molecule has 0 saturated carbocycles. The second-order valence-electron chi connectivity index (χ2n) is 3.05. The summed E-state index contributed by atoms with van der Waals surface area (Å²) in [4.78, 5) is 10.2. The van der Waals surface area contributed by atoms with Gasteiger partial charge >= 0.3 is 5.97 Å². The van der Waals surface area contributed by atoms with Gasteiger partial charge in [-0.25, -0.2) is 0 Å². The van der Waals surface area contributed by atoms with E-state index in [0.29, 0.717) is 6.10 Å². The van der Waals surface area contributed by atoms with Crippen LogP contribution in [0.25, 0.3) is 0 Å². The van der Waals surface area contributed by atoms with Crippen LogP contribution in [0.15, 0.2) is 0 Å². The molecule has 0 radical (unpaired) electrons. The van der Waals surface area contributed by atoms with Crippen molar-refractivity contribution < 1.29 is 14.6 Å². The molecule has 3 nitrogen and oxygen atoms in total. The molecule has 1 aliphatic rings. The normalized spacial score (nSPS) is 29.1. The zero-order valence-corrected chi connectivity index (χ0v) is 7.97. The number of carbonyl (C=O) groups is 1. The Hall–Kier alpha value is -0.220. The maximum absolute atomic E-state index is 10.2. The number of aliphatic carboxylic acids is 1. The number of ether oxygens (including phenoxy) is 1. The van der Waals surface area contributed by atoms with Crippen molar-refractivity contribution in [3.8, 4) is 0 Å². The molecule has 1 fully saturated rings. The molecule has 2 atom stereocenters.